The van der Waals surface area contributed by atoms with Crippen LogP contribution in [0.15, 0.2) is 48.5 Å². The van der Waals surface area contributed by atoms with Crippen LogP contribution in [0.3, 0.4) is 0 Å². The smallest absolute Gasteiger partial charge is 0.243 e. The van der Waals surface area contributed by atoms with Crippen LogP contribution in [0.2, 0.25) is 5.02 Å². The molecule has 2 unspecified atom stereocenters. The third-order valence-electron chi connectivity index (χ3n) is 10.4. The molecule has 1 fully saturated rings. The molecule has 9 nitrogen and oxygen atoms in total. The highest BCUT2D eigenvalue weighted by molar-refractivity contribution is 6.31. The Kier molecular flexibility index (Phi) is 15.8. The lowest BCUT2D eigenvalue weighted by Crippen LogP contribution is -2.56. The Hall–Kier alpha value is -3.42. The average Bonchev–Trinajstić information content (AvgIpc) is 3.54. The van der Waals surface area contributed by atoms with Gasteiger partial charge in [-0.3, -0.25) is 19.3 Å². The van der Waals surface area contributed by atoms with Crippen molar-refractivity contribution in [1.29, 1.82) is 0 Å². The fourth-order valence-electron chi connectivity index (χ4n) is 7.40. The lowest BCUT2D eigenvalue weighted by molar-refractivity contribution is -0.137. The number of aliphatic hydroxyl groups excluding tert-OH is 2. The molecular formula is C41H57ClN4O5. The van der Waals surface area contributed by atoms with Gasteiger partial charge in [0.05, 0.1) is 18.1 Å². The van der Waals surface area contributed by atoms with Gasteiger partial charge in [-0.1, -0.05) is 100 Å². The summed E-state index contributed by atoms with van der Waals surface area (Å²) in [5.41, 5.74) is 3.22. The molecule has 4 N–H and O–H groups in total. The van der Waals surface area contributed by atoms with Gasteiger partial charge in [0.2, 0.25) is 17.7 Å². The van der Waals surface area contributed by atoms with E-state index in [0.29, 0.717) is 38.3 Å². The summed E-state index contributed by atoms with van der Waals surface area (Å²) in [4.78, 5) is 45.2. The first-order valence-electron chi connectivity index (χ1n) is 18.6. The summed E-state index contributed by atoms with van der Waals surface area (Å²) < 4.78 is 0. The summed E-state index contributed by atoms with van der Waals surface area (Å²) in [6, 6.07) is 13.7. The first kappa shape index (κ1) is 40.4. The number of amides is 3. The van der Waals surface area contributed by atoms with Crippen molar-refractivity contribution >= 4 is 29.3 Å². The van der Waals surface area contributed by atoms with Crippen LogP contribution in [0.4, 0.5) is 0 Å². The monoisotopic (exact) mass is 720 g/mol. The molecule has 0 aromatic heterocycles. The quantitative estimate of drug-likeness (QED) is 0.159. The Balaban J connectivity index is 1.42. The number of nitrogens with zero attached hydrogens (tertiary/aromatic N) is 2. The van der Waals surface area contributed by atoms with Gasteiger partial charge in [0.15, 0.2) is 0 Å². The van der Waals surface area contributed by atoms with E-state index in [1.165, 1.54) is 12.0 Å². The van der Waals surface area contributed by atoms with Gasteiger partial charge in [0.1, 0.15) is 12.1 Å². The van der Waals surface area contributed by atoms with Crippen molar-refractivity contribution in [2.45, 2.75) is 115 Å². The van der Waals surface area contributed by atoms with Crippen LogP contribution in [0, 0.1) is 30.1 Å². The molecule has 0 radical (unpaired) electrons. The largest absolute Gasteiger partial charge is 0.390 e. The van der Waals surface area contributed by atoms with Crippen molar-refractivity contribution in [3.8, 4) is 12.3 Å². The molecule has 0 bridgehead atoms. The molecule has 5 atom stereocenters. The van der Waals surface area contributed by atoms with Crippen molar-refractivity contribution in [3.63, 3.8) is 0 Å². The number of hydrogen-bond donors (Lipinski definition) is 4. The number of carbonyl (C=O) groups is 3. The number of hydrogen-bond acceptors (Lipinski definition) is 6. The Morgan fingerprint density at radius 2 is 1.73 bits per heavy atom. The predicted molar refractivity (Wildman–Crippen MR) is 201 cm³/mol. The average molecular weight is 721 g/mol. The van der Waals surface area contributed by atoms with Crippen molar-refractivity contribution < 1.29 is 24.6 Å². The molecule has 0 spiro atoms. The number of terminal acetylenes is 1. The third kappa shape index (κ3) is 12.3. The number of fused-ring (bicyclic) bond motifs is 1. The molecule has 2 aliphatic rings. The third-order valence-corrected chi connectivity index (χ3v) is 10.8. The van der Waals surface area contributed by atoms with E-state index in [2.05, 4.69) is 27.5 Å². The van der Waals surface area contributed by atoms with E-state index in [9.17, 15) is 24.6 Å². The number of carbonyl (C=O) groups excluding carboxylic acids is 3. The number of benzene rings is 2. The lowest BCUT2D eigenvalue weighted by Gasteiger charge is -2.33. The minimum atomic E-state index is -1.16. The summed E-state index contributed by atoms with van der Waals surface area (Å²) in [5.74, 6) is 1.13. The van der Waals surface area contributed by atoms with E-state index < -0.39 is 42.0 Å². The van der Waals surface area contributed by atoms with Crippen LogP contribution in [0.25, 0.3) is 0 Å². The first-order chi connectivity index (χ1) is 24.4. The molecule has 3 amide bonds. The fraction of sp³-hybridized carbons (Fsp3) is 0.585. The van der Waals surface area contributed by atoms with Crippen molar-refractivity contribution in [2.75, 3.05) is 20.1 Å². The van der Waals surface area contributed by atoms with Crippen LogP contribution in [0.5, 0.6) is 0 Å². The van der Waals surface area contributed by atoms with Crippen molar-refractivity contribution in [1.82, 2.24) is 20.4 Å². The highest BCUT2D eigenvalue weighted by Gasteiger charge is 2.34. The topological polar surface area (TPSA) is 122 Å². The molecular weight excluding hydrogens is 664 g/mol. The summed E-state index contributed by atoms with van der Waals surface area (Å²) in [5, 5.41) is 28.6. The summed E-state index contributed by atoms with van der Waals surface area (Å²) in [6.45, 7) is 6.59. The maximum atomic E-state index is 13.9. The van der Waals surface area contributed by atoms with Gasteiger partial charge in [0.25, 0.3) is 0 Å². The number of rotatable bonds is 18. The first-order valence-corrected chi connectivity index (χ1v) is 19.0. The zero-order chi connectivity index (χ0) is 36.9. The van der Waals surface area contributed by atoms with Gasteiger partial charge in [-0.15, -0.1) is 12.3 Å². The number of nitrogens with one attached hydrogen (secondary N) is 2. The molecule has 4 rings (SSSR count). The van der Waals surface area contributed by atoms with Crippen molar-refractivity contribution in [3.05, 3.63) is 70.2 Å². The van der Waals surface area contributed by atoms with E-state index >= 15 is 0 Å². The molecule has 51 heavy (non-hydrogen) atoms. The number of likely N-dealkylation sites (N-methyl/N-ethyl adjacent to an activating group) is 1. The second-order valence-electron chi connectivity index (χ2n) is 15.0. The summed E-state index contributed by atoms with van der Waals surface area (Å²) in [7, 11) is 1.75. The van der Waals surface area contributed by atoms with Crippen LogP contribution in [0.1, 0.15) is 88.3 Å². The minimum absolute atomic E-state index is 0.0436. The van der Waals surface area contributed by atoms with E-state index in [0.717, 1.165) is 54.9 Å². The number of halogens is 1. The van der Waals surface area contributed by atoms with Gasteiger partial charge in [-0.25, -0.2) is 0 Å². The fourth-order valence-corrected chi connectivity index (χ4v) is 7.66. The maximum absolute atomic E-state index is 13.9. The number of aliphatic hydroxyl groups is 2. The highest BCUT2D eigenvalue weighted by Crippen LogP contribution is 2.30. The second-order valence-corrected chi connectivity index (χ2v) is 15.4. The van der Waals surface area contributed by atoms with Crippen LogP contribution in [-0.2, 0) is 33.9 Å². The standard InChI is InChI=1S/C41H57ClN4O5/c1-5-13-35(41(51)44-36(24-30-16-10-7-11-17-30)39(49)37(47)22-28(2)3)43-40(50)32(23-29-14-8-6-9-15-29)25-38(48)45(4)20-21-46-26-31-18-12-19-34(42)33(31)27-46/h1,6,8-9,12,14-15,18-19,28,30,32,35-37,39,47,49H,7,10-11,13,16-17,20-27H2,2-4H3,(H,43,50)(H,44,51)/t32-,35+,36?,37+,39?/m1/s1. The Bertz CT molecular complexity index is 1470. The molecule has 1 heterocycles. The van der Waals surface area contributed by atoms with Gasteiger partial charge in [-0.05, 0) is 53.9 Å². The van der Waals surface area contributed by atoms with Crippen LogP contribution >= 0.6 is 11.6 Å². The molecule has 2 aromatic carbocycles. The SMILES string of the molecule is C#CC[C@H](NC(=O)[C@@H](CC(=O)N(C)CCN1Cc2cccc(Cl)c2C1)Cc1ccccc1)C(=O)NC(CC1CCCCC1)C(O)[C@@H](O)CC(C)C. The van der Waals surface area contributed by atoms with E-state index in [-0.39, 0.29) is 24.7 Å². The Morgan fingerprint density at radius 3 is 2.39 bits per heavy atom. The lowest BCUT2D eigenvalue weighted by atomic mass is 9.82. The molecule has 278 valence electrons. The van der Waals surface area contributed by atoms with E-state index in [1.54, 1.807) is 11.9 Å². The van der Waals surface area contributed by atoms with Gasteiger partial charge >= 0.3 is 0 Å². The van der Waals surface area contributed by atoms with E-state index in [1.807, 2.05) is 56.3 Å². The second kappa shape index (κ2) is 20.0. The van der Waals surface area contributed by atoms with Gasteiger partial charge < -0.3 is 25.7 Å². The molecule has 2 aromatic rings. The zero-order valence-electron chi connectivity index (χ0n) is 30.5. The predicted octanol–water partition coefficient (Wildman–Crippen LogP) is 5.09. The van der Waals surface area contributed by atoms with Gasteiger partial charge in [-0.2, -0.15) is 0 Å². The molecule has 10 heteroatoms. The highest BCUT2D eigenvalue weighted by atomic mass is 35.5. The van der Waals surface area contributed by atoms with Crippen LogP contribution < -0.4 is 10.6 Å². The summed E-state index contributed by atoms with van der Waals surface area (Å²) in [6.07, 6.45) is 10.0. The normalized spacial score (nSPS) is 17.8. The zero-order valence-corrected chi connectivity index (χ0v) is 31.3. The van der Waals surface area contributed by atoms with E-state index in [4.69, 9.17) is 18.0 Å². The van der Waals surface area contributed by atoms with Crippen molar-refractivity contribution in [2.24, 2.45) is 17.8 Å². The van der Waals surface area contributed by atoms with Crippen LogP contribution in [-0.4, -0.2) is 82.2 Å². The summed E-state index contributed by atoms with van der Waals surface area (Å²) >= 11 is 6.40. The molecule has 1 saturated carbocycles. The Morgan fingerprint density at radius 1 is 1.00 bits per heavy atom. The molecule has 0 saturated heterocycles. The Labute approximate surface area is 309 Å². The molecule has 1 aliphatic carbocycles. The maximum Gasteiger partial charge on any atom is 0.243 e. The molecule has 1 aliphatic heterocycles. The van der Waals surface area contributed by atoms with Gasteiger partial charge in [0, 0.05) is 51.1 Å². The minimum Gasteiger partial charge on any atom is -0.390 e.